The van der Waals surface area contributed by atoms with E-state index in [0.29, 0.717) is 15.1 Å². The summed E-state index contributed by atoms with van der Waals surface area (Å²) in [5, 5.41) is 0.549. The zero-order valence-electron chi connectivity index (χ0n) is 10.6. The summed E-state index contributed by atoms with van der Waals surface area (Å²) < 4.78 is 19.6. The molecule has 20 heavy (non-hydrogen) atoms. The van der Waals surface area contributed by atoms with E-state index in [2.05, 4.69) is 15.9 Å². The summed E-state index contributed by atoms with van der Waals surface area (Å²) in [6.07, 6.45) is -0.792. The van der Waals surface area contributed by atoms with Crippen LogP contribution >= 0.6 is 27.5 Å². The minimum atomic E-state index is -0.792. The van der Waals surface area contributed by atoms with Crippen molar-refractivity contribution in [1.82, 2.24) is 0 Å². The average Bonchev–Trinajstić information content (AvgIpc) is 2.43. The summed E-state index contributed by atoms with van der Waals surface area (Å²) in [4.78, 5) is 12.2. The fourth-order valence-corrected chi connectivity index (χ4v) is 2.13. The Kier molecular flexibility index (Phi) is 4.78. The highest BCUT2D eigenvalue weighted by atomic mass is 79.9. The van der Waals surface area contributed by atoms with Crippen molar-refractivity contribution in [3.63, 3.8) is 0 Å². The van der Waals surface area contributed by atoms with Crippen LogP contribution in [0.5, 0.6) is 5.75 Å². The molecule has 2 nitrogen and oxygen atoms in total. The second kappa shape index (κ2) is 6.37. The molecule has 0 aliphatic heterocycles. The van der Waals surface area contributed by atoms with E-state index in [-0.39, 0.29) is 11.5 Å². The number of ether oxygens (including phenoxy) is 1. The van der Waals surface area contributed by atoms with E-state index in [0.717, 1.165) is 0 Å². The van der Waals surface area contributed by atoms with Crippen LogP contribution in [0.3, 0.4) is 0 Å². The van der Waals surface area contributed by atoms with E-state index < -0.39 is 11.9 Å². The lowest BCUT2D eigenvalue weighted by Crippen LogP contribution is -2.24. The number of hydrogen-bond donors (Lipinski definition) is 0. The predicted molar refractivity (Wildman–Crippen MR) is 80.0 cm³/mol. The molecule has 0 amide bonds. The molecule has 104 valence electrons. The lowest BCUT2D eigenvalue weighted by atomic mass is 10.1. The van der Waals surface area contributed by atoms with Crippen LogP contribution in [0.2, 0.25) is 5.02 Å². The first kappa shape index (κ1) is 15.0. The second-order valence-electron chi connectivity index (χ2n) is 4.21. The van der Waals surface area contributed by atoms with Gasteiger partial charge in [0.2, 0.25) is 5.78 Å². The van der Waals surface area contributed by atoms with Gasteiger partial charge in [0.15, 0.2) is 17.7 Å². The Morgan fingerprint density at radius 3 is 2.55 bits per heavy atom. The molecule has 0 aromatic heterocycles. The van der Waals surface area contributed by atoms with Gasteiger partial charge in [-0.25, -0.2) is 4.39 Å². The van der Waals surface area contributed by atoms with Crippen molar-refractivity contribution in [2.45, 2.75) is 13.0 Å². The monoisotopic (exact) mass is 356 g/mol. The van der Waals surface area contributed by atoms with Crippen molar-refractivity contribution in [2.24, 2.45) is 0 Å². The molecule has 1 atom stereocenters. The fraction of sp³-hybridized carbons (Fsp3) is 0.133. The number of Topliss-reactive ketones (excluding diaryl/α,β-unsaturated/α-hetero) is 1. The second-order valence-corrected chi connectivity index (χ2v) is 5.56. The molecule has 0 saturated heterocycles. The number of rotatable bonds is 4. The Balaban J connectivity index is 2.15. The molecule has 0 heterocycles. The predicted octanol–water partition coefficient (Wildman–Crippen LogP) is 4.89. The maximum atomic E-state index is 13.6. The molecule has 1 unspecified atom stereocenters. The molecule has 2 aromatic carbocycles. The minimum Gasteiger partial charge on any atom is -0.479 e. The van der Waals surface area contributed by atoms with Gasteiger partial charge in [0.05, 0.1) is 0 Å². The van der Waals surface area contributed by atoms with Crippen molar-refractivity contribution in [3.8, 4) is 5.75 Å². The van der Waals surface area contributed by atoms with Crippen LogP contribution in [-0.2, 0) is 0 Å². The standard InChI is InChI=1S/C15H11BrClFO2/c1-9(15(19)10-2-5-12(17)6-3-10)20-14-8-11(16)4-7-13(14)18/h2-9H,1H3. The molecule has 0 saturated carbocycles. The van der Waals surface area contributed by atoms with Gasteiger partial charge in [-0.1, -0.05) is 27.5 Å². The van der Waals surface area contributed by atoms with Gasteiger partial charge in [-0.15, -0.1) is 0 Å². The van der Waals surface area contributed by atoms with Crippen LogP contribution in [0.4, 0.5) is 4.39 Å². The number of hydrogen-bond acceptors (Lipinski definition) is 2. The third-order valence-electron chi connectivity index (χ3n) is 2.69. The van der Waals surface area contributed by atoms with Gasteiger partial charge in [-0.2, -0.15) is 0 Å². The number of halogens is 3. The van der Waals surface area contributed by atoms with Gasteiger partial charge in [0.1, 0.15) is 0 Å². The Morgan fingerprint density at radius 1 is 1.25 bits per heavy atom. The largest absolute Gasteiger partial charge is 0.479 e. The highest BCUT2D eigenvalue weighted by Gasteiger charge is 2.18. The van der Waals surface area contributed by atoms with Crippen LogP contribution in [0, 0.1) is 5.82 Å². The molecule has 0 aliphatic rings. The average molecular weight is 358 g/mol. The van der Waals surface area contributed by atoms with Crippen molar-refractivity contribution >= 4 is 33.3 Å². The number of benzene rings is 2. The molecule has 5 heteroatoms. The zero-order valence-corrected chi connectivity index (χ0v) is 12.9. The van der Waals surface area contributed by atoms with Crippen LogP contribution in [-0.4, -0.2) is 11.9 Å². The maximum Gasteiger partial charge on any atom is 0.202 e. The molecule has 2 aromatic rings. The molecule has 0 N–H and O–H groups in total. The van der Waals surface area contributed by atoms with Gasteiger partial charge in [-0.05, 0) is 49.4 Å². The number of carbonyl (C=O) groups is 1. The third-order valence-corrected chi connectivity index (χ3v) is 3.44. The molecule has 0 spiro atoms. The van der Waals surface area contributed by atoms with Gasteiger partial charge >= 0.3 is 0 Å². The van der Waals surface area contributed by atoms with Crippen molar-refractivity contribution in [2.75, 3.05) is 0 Å². The quantitative estimate of drug-likeness (QED) is 0.728. The number of ketones is 1. The molecular formula is C15H11BrClFO2. The zero-order chi connectivity index (χ0) is 14.7. The van der Waals surface area contributed by atoms with Crippen LogP contribution in [0.1, 0.15) is 17.3 Å². The molecule has 0 aliphatic carbocycles. The molecule has 2 rings (SSSR count). The van der Waals surface area contributed by atoms with Crippen LogP contribution < -0.4 is 4.74 Å². The van der Waals surface area contributed by atoms with E-state index >= 15 is 0 Å². The normalized spacial score (nSPS) is 12.0. The van der Waals surface area contributed by atoms with E-state index in [1.54, 1.807) is 37.3 Å². The van der Waals surface area contributed by atoms with Crippen molar-refractivity contribution in [1.29, 1.82) is 0 Å². The van der Waals surface area contributed by atoms with Crippen molar-refractivity contribution in [3.05, 3.63) is 63.3 Å². The van der Waals surface area contributed by atoms with Gasteiger partial charge in [0.25, 0.3) is 0 Å². The molecule has 0 bridgehead atoms. The van der Waals surface area contributed by atoms with E-state index in [4.69, 9.17) is 16.3 Å². The highest BCUT2D eigenvalue weighted by molar-refractivity contribution is 9.10. The first-order valence-corrected chi connectivity index (χ1v) is 7.06. The van der Waals surface area contributed by atoms with Crippen LogP contribution in [0.25, 0.3) is 0 Å². The van der Waals surface area contributed by atoms with Gasteiger partial charge < -0.3 is 4.74 Å². The number of carbonyl (C=O) groups excluding carboxylic acids is 1. The third kappa shape index (κ3) is 3.58. The van der Waals surface area contributed by atoms with Crippen molar-refractivity contribution < 1.29 is 13.9 Å². The smallest absolute Gasteiger partial charge is 0.202 e. The summed E-state index contributed by atoms with van der Waals surface area (Å²) in [7, 11) is 0. The summed E-state index contributed by atoms with van der Waals surface area (Å²) in [6, 6.07) is 10.8. The SMILES string of the molecule is CC(Oc1cc(Br)ccc1F)C(=O)c1ccc(Cl)cc1. The van der Waals surface area contributed by atoms with E-state index in [9.17, 15) is 9.18 Å². The van der Waals surface area contributed by atoms with E-state index in [1.807, 2.05) is 0 Å². The van der Waals surface area contributed by atoms with Crippen LogP contribution in [0.15, 0.2) is 46.9 Å². The lowest BCUT2D eigenvalue weighted by molar-refractivity contribution is 0.0812. The lowest BCUT2D eigenvalue weighted by Gasteiger charge is -2.14. The fourth-order valence-electron chi connectivity index (χ4n) is 1.66. The maximum absolute atomic E-state index is 13.6. The first-order chi connectivity index (χ1) is 9.47. The first-order valence-electron chi connectivity index (χ1n) is 5.89. The molecular weight excluding hydrogens is 347 g/mol. The Hall–Kier alpha value is -1.39. The summed E-state index contributed by atoms with van der Waals surface area (Å²) in [6.45, 7) is 1.58. The molecule has 0 fully saturated rings. The molecule has 0 radical (unpaired) electrons. The summed E-state index contributed by atoms with van der Waals surface area (Å²) >= 11 is 9.00. The van der Waals surface area contributed by atoms with Gasteiger partial charge in [-0.3, -0.25) is 4.79 Å². The highest BCUT2D eigenvalue weighted by Crippen LogP contribution is 2.24. The Bertz CT molecular complexity index is 628. The van der Waals surface area contributed by atoms with E-state index in [1.165, 1.54) is 12.1 Å². The topological polar surface area (TPSA) is 26.3 Å². The summed E-state index contributed by atoms with van der Waals surface area (Å²) in [5.74, 6) is -0.709. The Morgan fingerprint density at radius 2 is 1.90 bits per heavy atom. The Labute approximate surface area is 129 Å². The minimum absolute atomic E-state index is 0.0363. The van der Waals surface area contributed by atoms with Gasteiger partial charge in [0, 0.05) is 15.1 Å². The summed E-state index contributed by atoms with van der Waals surface area (Å²) in [5.41, 5.74) is 0.470.